The fourth-order valence-electron chi connectivity index (χ4n) is 2.63. The predicted octanol–water partition coefficient (Wildman–Crippen LogP) is 2.45. The highest BCUT2D eigenvalue weighted by molar-refractivity contribution is 5.84. The molecule has 20 heavy (non-hydrogen) atoms. The Bertz CT molecular complexity index is 615. The second-order valence-corrected chi connectivity index (χ2v) is 5.76. The molecular weight excluding hydrogens is 250 g/mol. The molecule has 1 atom stereocenters. The molecule has 2 heterocycles. The summed E-state index contributed by atoms with van der Waals surface area (Å²) in [6, 6.07) is 6.68. The predicted molar refractivity (Wildman–Crippen MR) is 82.2 cm³/mol. The molecule has 1 N–H and O–H groups in total. The van der Waals surface area contributed by atoms with Gasteiger partial charge in [-0.2, -0.15) is 0 Å². The van der Waals surface area contributed by atoms with Crippen LogP contribution in [0.2, 0.25) is 0 Å². The van der Waals surface area contributed by atoms with Crippen LogP contribution in [0.4, 0.5) is 0 Å². The van der Waals surface area contributed by atoms with Gasteiger partial charge < -0.3 is 14.7 Å². The normalized spacial score (nSPS) is 18.1. The third kappa shape index (κ3) is 2.85. The van der Waals surface area contributed by atoms with Crippen molar-refractivity contribution >= 4 is 17.1 Å². The van der Waals surface area contributed by atoms with Gasteiger partial charge >= 0.3 is 0 Å². The summed E-state index contributed by atoms with van der Waals surface area (Å²) in [5.74, 6) is 0.414. The molecule has 0 fully saturated rings. The Morgan fingerprint density at radius 2 is 2.30 bits per heavy atom. The van der Waals surface area contributed by atoms with Crippen LogP contribution in [-0.4, -0.2) is 43.3 Å². The minimum atomic E-state index is 0.414. The van der Waals surface area contributed by atoms with Crippen molar-refractivity contribution in [3.63, 3.8) is 0 Å². The van der Waals surface area contributed by atoms with Gasteiger partial charge in [-0.3, -0.25) is 0 Å². The van der Waals surface area contributed by atoms with Gasteiger partial charge in [-0.25, -0.2) is 0 Å². The van der Waals surface area contributed by atoms with Gasteiger partial charge in [0.2, 0.25) is 0 Å². The molecule has 0 bridgehead atoms. The number of hydrogen-bond donors (Lipinski definition) is 1. The van der Waals surface area contributed by atoms with E-state index < -0.39 is 0 Å². The van der Waals surface area contributed by atoms with Gasteiger partial charge in [0.25, 0.3) is 0 Å². The average Bonchev–Trinajstić information content (AvgIpc) is 3.05. The van der Waals surface area contributed by atoms with Crippen LogP contribution in [0.1, 0.15) is 11.1 Å². The lowest BCUT2D eigenvalue weighted by molar-refractivity contribution is 0.154. The van der Waals surface area contributed by atoms with E-state index in [4.69, 9.17) is 4.84 Å². The van der Waals surface area contributed by atoms with Crippen molar-refractivity contribution in [3.05, 3.63) is 35.5 Å². The molecular formula is C16H21N3O. The van der Waals surface area contributed by atoms with Crippen LogP contribution in [0.25, 0.3) is 10.9 Å². The molecule has 0 radical (unpaired) electrons. The Balaban J connectivity index is 1.80. The van der Waals surface area contributed by atoms with Crippen LogP contribution in [-0.2, 0) is 17.7 Å². The molecule has 4 heteroatoms. The van der Waals surface area contributed by atoms with Crippen molar-refractivity contribution in [2.75, 3.05) is 27.2 Å². The summed E-state index contributed by atoms with van der Waals surface area (Å²) in [5.41, 5.74) is 3.97. The van der Waals surface area contributed by atoms with Gasteiger partial charge in [-0.1, -0.05) is 11.2 Å². The first-order valence-electron chi connectivity index (χ1n) is 7.11. The Hall–Kier alpha value is -1.81. The lowest BCUT2D eigenvalue weighted by Crippen LogP contribution is -2.14. The maximum absolute atomic E-state index is 5.05. The van der Waals surface area contributed by atoms with Crippen molar-refractivity contribution < 1.29 is 4.84 Å². The van der Waals surface area contributed by atoms with Crippen molar-refractivity contribution in [1.29, 1.82) is 0 Å². The first-order chi connectivity index (χ1) is 9.72. The Morgan fingerprint density at radius 3 is 3.05 bits per heavy atom. The third-order valence-electron chi connectivity index (χ3n) is 3.79. The molecule has 1 aromatic heterocycles. The molecule has 0 unspecified atom stereocenters. The summed E-state index contributed by atoms with van der Waals surface area (Å²) >= 11 is 0. The van der Waals surface area contributed by atoms with E-state index in [2.05, 4.69) is 53.5 Å². The van der Waals surface area contributed by atoms with E-state index in [1.807, 2.05) is 6.21 Å². The first kappa shape index (κ1) is 13.2. The summed E-state index contributed by atoms with van der Waals surface area (Å²) in [5, 5.41) is 5.19. The molecule has 2 aromatic rings. The molecule has 0 spiro atoms. The smallest absolute Gasteiger partial charge is 0.125 e. The molecule has 0 saturated carbocycles. The van der Waals surface area contributed by atoms with Crippen molar-refractivity contribution in [3.8, 4) is 0 Å². The molecule has 1 aliphatic heterocycles. The number of nitrogens with zero attached hydrogens (tertiary/aromatic N) is 2. The largest absolute Gasteiger partial charge is 0.395 e. The minimum Gasteiger partial charge on any atom is -0.395 e. The summed E-state index contributed by atoms with van der Waals surface area (Å²) < 4.78 is 0. The number of H-pyrrole nitrogens is 1. The minimum absolute atomic E-state index is 0.414. The second-order valence-electron chi connectivity index (χ2n) is 5.76. The molecule has 0 amide bonds. The number of rotatable bonds is 5. The highest BCUT2D eigenvalue weighted by atomic mass is 16.6. The van der Waals surface area contributed by atoms with Crippen LogP contribution >= 0.6 is 0 Å². The average molecular weight is 271 g/mol. The first-order valence-corrected chi connectivity index (χ1v) is 7.11. The quantitative estimate of drug-likeness (QED) is 0.907. The number of fused-ring (bicyclic) bond motifs is 1. The van der Waals surface area contributed by atoms with E-state index in [1.165, 1.54) is 22.0 Å². The Morgan fingerprint density at radius 1 is 1.40 bits per heavy atom. The Kier molecular flexibility index (Phi) is 3.74. The Labute approximate surface area is 119 Å². The van der Waals surface area contributed by atoms with Crippen LogP contribution in [0, 0.1) is 5.92 Å². The number of likely N-dealkylation sites (N-methyl/N-ethyl adjacent to an activating group) is 1. The molecule has 0 saturated heterocycles. The van der Waals surface area contributed by atoms with Gasteiger partial charge in [0.05, 0.1) is 6.21 Å². The van der Waals surface area contributed by atoms with Gasteiger partial charge in [0, 0.05) is 29.6 Å². The second kappa shape index (κ2) is 5.67. The molecule has 1 aromatic carbocycles. The summed E-state index contributed by atoms with van der Waals surface area (Å²) in [6.45, 7) is 1.78. The number of benzene rings is 1. The molecule has 1 aliphatic rings. The van der Waals surface area contributed by atoms with E-state index in [-0.39, 0.29) is 0 Å². The van der Waals surface area contributed by atoms with Gasteiger partial charge in [0.1, 0.15) is 6.61 Å². The van der Waals surface area contributed by atoms with E-state index in [9.17, 15) is 0 Å². The monoisotopic (exact) mass is 271 g/mol. The zero-order valence-electron chi connectivity index (χ0n) is 12.1. The fourth-order valence-corrected chi connectivity index (χ4v) is 2.63. The van der Waals surface area contributed by atoms with Gasteiger partial charge in [-0.05, 0) is 50.2 Å². The molecule has 4 nitrogen and oxygen atoms in total. The van der Waals surface area contributed by atoms with Crippen LogP contribution in [0.3, 0.4) is 0 Å². The fraction of sp³-hybridized carbons (Fsp3) is 0.438. The number of oxime groups is 1. The maximum Gasteiger partial charge on any atom is 0.125 e. The highest BCUT2D eigenvalue weighted by Gasteiger charge is 2.14. The van der Waals surface area contributed by atoms with Crippen LogP contribution in [0.5, 0.6) is 0 Å². The molecule has 106 valence electrons. The standard InChI is InChI=1S/C16H21N3O/c1-19(2)6-5-14-10-17-16-4-3-12(8-15(14)16)7-13-9-18-20-11-13/h3-4,8-10,13,17H,5-7,11H2,1-2H3/t13-/m1/s1. The molecule has 0 aliphatic carbocycles. The highest BCUT2D eigenvalue weighted by Crippen LogP contribution is 2.22. The summed E-state index contributed by atoms with van der Waals surface area (Å²) in [7, 11) is 4.22. The number of hydrogen-bond acceptors (Lipinski definition) is 3. The van der Waals surface area contributed by atoms with E-state index in [0.29, 0.717) is 12.5 Å². The van der Waals surface area contributed by atoms with Crippen LogP contribution in [0.15, 0.2) is 29.6 Å². The van der Waals surface area contributed by atoms with Crippen LogP contribution < -0.4 is 0 Å². The van der Waals surface area contributed by atoms with E-state index in [0.717, 1.165) is 19.4 Å². The summed E-state index contributed by atoms with van der Waals surface area (Å²) in [6.07, 6.45) is 6.12. The van der Waals surface area contributed by atoms with Crippen molar-refractivity contribution in [2.45, 2.75) is 12.8 Å². The number of aromatic amines is 1. The van der Waals surface area contributed by atoms with Crippen molar-refractivity contribution in [2.24, 2.45) is 11.1 Å². The zero-order chi connectivity index (χ0) is 13.9. The SMILES string of the molecule is CN(C)CCc1c[nH]c2ccc(C[C@@H]3C=NOC3)cc12. The van der Waals surface area contributed by atoms with E-state index in [1.54, 1.807) is 0 Å². The maximum atomic E-state index is 5.05. The summed E-state index contributed by atoms with van der Waals surface area (Å²) in [4.78, 5) is 10.6. The van der Waals surface area contributed by atoms with Crippen molar-refractivity contribution in [1.82, 2.24) is 9.88 Å². The third-order valence-corrected chi connectivity index (χ3v) is 3.79. The topological polar surface area (TPSA) is 40.6 Å². The van der Waals surface area contributed by atoms with E-state index >= 15 is 0 Å². The van der Waals surface area contributed by atoms with Gasteiger partial charge in [-0.15, -0.1) is 0 Å². The number of nitrogens with one attached hydrogen (secondary N) is 1. The lowest BCUT2D eigenvalue weighted by Gasteiger charge is -2.09. The zero-order valence-corrected chi connectivity index (χ0v) is 12.1. The number of aromatic nitrogens is 1. The lowest BCUT2D eigenvalue weighted by atomic mass is 9.99. The molecule has 3 rings (SSSR count). The van der Waals surface area contributed by atoms with Gasteiger partial charge in [0.15, 0.2) is 0 Å².